The summed E-state index contributed by atoms with van der Waals surface area (Å²) in [6.07, 6.45) is 9.78. The van der Waals surface area contributed by atoms with E-state index in [-0.39, 0.29) is 6.10 Å². The van der Waals surface area contributed by atoms with Crippen molar-refractivity contribution in [3.63, 3.8) is 0 Å². The maximum atomic E-state index is 6.31. The lowest BCUT2D eigenvalue weighted by Crippen LogP contribution is -2.43. The summed E-state index contributed by atoms with van der Waals surface area (Å²) >= 11 is 0. The van der Waals surface area contributed by atoms with Crippen molar-refractivity contribution >= 4 is 0 Å². The fourth-order valence-electron chi connectivity index (χ4n) is 3.97. The maximum absolute atomic E-state index is 6.31. The van der Waals surface area contributed by atoms with Gasteiger partial charge in [0.25, 0.3) is 0 Å². The Hall–Kier alpha value is -1.76. The van der Waals surface area contributed by atoms with Crippen molar-refractivity contribution in [3.05, 3.63) is 48.0 Å². The second-order valence-electron chi connectivity index (χ2n) is 7.06. The van der Waals surface area contributed by atoms with E-state index < -0.39 is 0 Å². The molecule has 4 heterocycles. The molecule has 0 aliphatic carbocycles. The second-order valence-corrected chi connectivity index (χ2v) is 7.06. The highest BCUT2D eigenvalue weighted by molar-refractivity contribution is 5.06. The van der Waals surface area contributed by atoms with Crippen LogP contribution in [0.25, 0.3) is 0 Å². The molecule has 6 heteroatoms. The van der Waals surface area contributed by atoms with E-state index >= 15 is 0 Å². The first-order chi connectivity index (χ1) is 12.3. The predicted molar refractivity (Wildman–Crippen MR) is 93.8 cm³/mol. The van der Waals surface area contributed by atoms with E-state index in [1.807, 2.05) is 36.1 Å². The minimum absolute atomic E-state index is 0.211. The summed E-state index contributed by atoms with van der Waals surface area (Å²) in [4.78, 5) is 6.84. The van der Waals surface area contributed by atoms with Crippen LogP contribution >= 0.6 is 0 Å². The standard InChI is InChI=1S/C19H26N4O2/c1-22-11-15(10-21-22)12-23-9-7-19-18(23)6-5-17(25-19)14-24-13-16-4-2-3-8-20-16/h2-4,8,10-11,17-19H,5-7,9,12-14H2,1H3/t17-,18+,19+/m1/s1. The molecule has 0 radical (unpaired) electrons. The molecule has 0 aromatic carbocycles. The van der Waals surface area contributed by atoms with Crippen LogP contribution in [0, 0.1) is 0 Å². The molecular formula is C19H26N4O2. The minimum atomic E-state index is 0.211. The normalized spacial score (nSPS) is 26.7. The molecule has 2 aromatic heterocycles. The third-order valence-corrected chi connectivity index (χ3v) is 5.17. The van der Waals surface area contributed by atoms with Crippen LogP contribution in [0.15, 0.2) is 36.8 Å². The van der Waals surface area contributed by atoms with E-state index in [4.69, 9.17) is 9.47 Å². The van der Waals surface area contributed by atoms with Crippen LogP contribution in [0.5, 0.6) is 0 Å². The summed E-state index contributed by atoms with van der Waals surface area (Å²) in [7, 11) is 1.97. The van der Waals surface area contributed by atoms with Gasteiger partial charge in [-0.2, -0.15) is 5.10 Å². The van der Waals surface area contributed by atoms with Crippen molar-refractivity contribution in [3.8, 4) is 0 Å². The first-order valence-electron chi connectivity index (χ1n) is 9.12. The first kappa shape index (κ1) is 16.7. The first-order valence-corrected chi connectivity index (χ1v) is 9.12. The van der Waals surface area contributed by atoms with Gasteiger partial charge in [0.2, 0.25) is 0 Å². The Kier molecular flexibility index (Phi) is 5.10. The number of hydrogen-bond acceptors (Lipinski definition) is 5. The van der Waals surface area contributed by atoms with Crippen LogP contribution in [0.3, 0.4) is 0 Å². The van der Waals surface area contributed by atoms with Crippen LogP contribution in [-0.4, -0.2) is 51.1 Å². The number of nitrogens with zero attached hydrogens (tertiary/aromatic N) is 4. The molecule has 0 saturated carbocycles. The average Bonchev–Trinajstić information content (AvgIpc) is 3.22. The average molecular weight is 342 g/mol. The molecule has 2 fully saturated rings. The van der Waals surface area contributed by atoms with Gasteiger partial charge in [-0.1, -0.05) is 6.07 Å². The van der Waals surface area contributed by atoms with Crippen LogP contribution in [0.1, 0.15) is 30.5 Å². The molecule has 2 saturated heterocycles. The highest BCUT2D eigenvalue weighted by Crippen LogP contribution is 2.32. The molecule has 0 amide bonds. The van der Waals surface area contributed by atoms with Gasteiger partial charge in [-0.15, -0.1) is 0 Å². The molecule has 4 rings (SSSR count). The van der Waals surface area contributed by atoms with Crippen molar-refractivity contribution in [2.75, 3.05) is 13.2 Å². The molecule has 25 heavy (non-hydrogen) atoms. The number of aromatic nitrogens is 3. The largest absolute Gasteiger partial charge is 0.372 e. The van der Waals surface area contributed by atoms with E-state index in [9.17, 15) is 0 Å². The lowest BCUT2D eigenvalue weighted by molar-refractivity contribution is -0.102. The summed E-state index contributed by atoms with van der Waals surface area (Å²) in [5, 5.41) is 4.27. The molecule has 0 N–H and O–H groups in total. The van der Waals surface area contributed by atoms with Gasteiger partial charge >= 0.3 is 0 Å². The summed E-state index contributed by atoms with van der Waals surface area (Å²) in [6, 6.07) is 6.44. The number of ether oxygens (including phenoxy) is 2. The molecule has 134 valence electrons. The third kappa shape index (κ3) is 4.08. The third-order valence-electron chi connectivity index (χ3n) is 5.17. The van der Waals surface area contributed by atoms with E-state index in [0.29, 0.717) is 25.4 Å². The van der Waals surface area contributed by atoms with E-state index in [1.165, 1.54) is 12.0 Å². The molecule has 3 atom stereocenters. The van der Waals surface area contributed by atoms with Crippen molar-refractivity contribution < 1.29 is 9.47 Å². The van der Waals surface area contributed by atoms with Crippen molar-refractivity contribution in [2.24, 2.45) is 7.05 Å². The predicted octanol–water partition coefficient (Wildman–Crippen LogP) is 2.15. The van der Waals surface area contributed by atoms with Gasteiger partial charge in [-0.05, 0) is 31.4 Å². The SMILES string of the molecule is Cn1cc(CN2CC[C@@H]3O[C@@H](COCc4ccccn4)CC[C@@H]32)cn1. The lowest BCUT2D eigenvalue weighted by Gasteiger charge is -2.35. The quantitative estimate of drug-likeness (QED) is 0.805. The van der Waals surface area contributed by atoms with Gasteiger partial charge in [0.1, 0.15) is 0 Å². The van der Waals surface area contributed by atoms with Crippen LogP contribution in [0.4, 0.5) is 0 Å². The number of aryl methyl sites for hydroxylation is 1. The molecule has 2 aliphatic heterocycles. The maximum Gasteiger partial charge on any atom is 0.0889 e. The highest BCUT2D eigenvalue weighted by atomic mass is 16.5. The molecule has 2 aromatic rings. The van der Waals surface area contributed by atoms with Crippen molar-refractivity contribution in [2.45, 2.75) is 50.7 Å². The Labute approximate surface area is 148 Å². The van der Waals surface area contributed by atoms with Gasteiger partial charge in [0.05, 0.1) is 37.3 Å². The number of pyridine rings is 1. The monoisotopic (exact) mass is 342 g/mol. The van der Waals surface area contributed by atoms with Crippen LogP contribution in [-0.2, 0) is 29.7 Å². The lowest BCUT2D eigenvalue weighted by atomic mass is 9.99. The molecular weight excluding hydrogens is 316 g/mol. The zero-order valence-electron chi connectivity index (χ0n) is 14.8. The number of hydrogen-bond donors (Lipinski definition) is 0. The summed E-state index contributed by atoms with van der Waals surface area (Å²) in [5.74, 6) is 0. The Bertz CT molecular complexity index is 675. The fourth-order valence-corrected chi connectivity index (χ4v) is 3.97. The zero-order valence-corrected chi connectivity index (χ0v) is 14.8. The molecule has 0 bridgehead atoms. The zero-order chi connectivity index (χ0) is 17.1. The Morgan fingerprint density at radius 2 is 2.24 bits per heavy atom. The number of likely N-dealkylation sites (tertiary alicyclic amines) is 1. The highest BCUT2D eigenvalue weighted by Gasteiger charge is 2.39. The van der Waals surface area contributed by atoms with E-state index in [2.05, 4.69) is 21.2 Å². The van der Waals surface area contributed by atoms with Crippen molar-refractivity contribution in [1.82, 2.24) is 19.7 Å². The summed E-state index contributed by atoms with van der Waals surface area (Å²) in [5.41, 5.74) is 2.25. The summed E-state index contributed by atoms with van der Waals surface area (Å²) < 4.78 is 14.0. The van der Waals surface area contributed by atoms with Gasteiger partial charge < -0.3 is 9.47 Å². The van der Waals surface area contributed by atoms with Crippen molar-refractivity contribution in [1.29, 1.82) is 0 Å². The topological polar surface area (TPSA) is 52.4 Å². The van der Waals surface area contributed by atoms with E-state index in [0.717, 1.165) is 31.6 Å². The van der Waals surface area contributed by atoms with Gasteiger partial charge in [0.15, 0.2) is 0 Å². The Balaban J connectivity index is 1.24. The Morgan fingerprint density at radius 1 is 1.28 bits per heavy atom. The van der Waals surface area contributed by atoms with Gasteiger partial charge in [-0.25, -0.2) is 0 Å². The van der Waals surface area contributed by atoms with Gasteiger partial charge in [-0.3, -0.25) is 14.6 Å². The molecule has 6 nitrogen and oxygen atoms in total. The summed E-state index contributed by atoms with van der Waals surface area (Å²) in [6.45, 7) is 3.29. The molecule has 0 spiro atoms. The molecule has 0 unspecified atom stereocenters. The fraction of sp³-hybridized carbons (Fsp3) is 0.579. The van der Waals surface area contributed by atoms with Crippen LogP contribution < -0.4 is 0 Å². The minimum Gasteiger partial charge on any atom is -0.372 e. The van der Waals surface area contributed by atoms with Gasteiger partial charge in [0, 0.05) is 44.1 Å². The van der Waals surface area contributed by atoms with E-state index in [1.54, 1.807) is 6.20 Å². The Morgan fingerprint density at radius 3 is 3.04 bits per heavy atom. The molecule has 2 aliphatic rings. The smallest absolute Gasteiger partial charge is 0.0889 e. The van der Waals surface area contributed by atoms with Crippen LogP contribution in [0.2, 0.25) is 0 Å². The number of rotatable bonds is 6. The second kappa shape index (κ2) is 7.64. The number of fused-ring (bicyclic) bond motifs is 1.